The van der Waals surface area contributed by atoms with Crippen LogP contribution in [0.3, 0.4) is 0 Å². The molecule has 7 nitrogen and oxygen atoms in total. The van der Waals surface area contributed by atoms with Crippen LogP contribution in [-0.2, 0) is 24.2 Å². The van der Waals surface area contributed by atoms with Crippen LogP contribution in [0, 0.1) is 0 Å². The number of hydrogen-bond acceptors (Lipinski definition) is 3. The molecule has 7 heteroatoms. The van der Waals surface area contributed by atoms with Gasteiger partial charge in [-0.15, -0.1) is 0 Å². The number of nitrogens with one attached hydrogen (secondary N) is 2. The smallest absolute Gasteiger partial charge is 0.317 e. The molecule has 2 aliphatic rings. The highest BCUT2D eigenvalue weighted by atomic mass is 16.2. The van der Waals surface area contributed by atoms with E-state index in [2.05, 4.69) is 15.5 Å². The standard InChI is InChI=1S/C15H23N5O2/c1-3-20-8-10(7-14(20)21)16-15(22)19(2)9-13-11-5-4-6-12(11)17-18-13/h10H,3-9H2,1-2H3,(H,16,22)(H,17,18)/t10-/m0/s1. The van der Waals surface area contributed by atoms with Crippen LogP contribution in [-0.4, -0.2) is 58.1 Å². The molecule has 120 valence electrons. The molecule has 1 aliphatic carbocycles. The third kappa shape index (κ3) is 2.80. The highest BCUT2D eigenvalue weighted by molar-refractivity contribution is 5.81. The molecule has 1 saturated heterocycles. The fraction of sp³-hybridized carbons (Fsp3) is 0.667. The van der Waals surface area contributed by atoms with E-state index >= 15 is 0 Å². The van der Waals surface area contributed by atoms with Gasteiger partial charge in [-0.25, -0.2) is 4.79 Å². The zero-order chi connectivity index (χ0) is 15.7. The SMILES string of the molecule is CCN1C[C@@H](NC(=O)N(C)Cc2n[nH]c3c2CCC3)CC1=O. The summed E-state index contributed by atoms with van der Waals surface area (Å²) in [5.41, 5.74) is 3.44. The Morgan fingerprint density at radius 1 is 1.50 bits per heavy atom. The van der Waals surface area contributed by atoms with Crippen molar-refractivity contribution in [1.82, 2.24) is 25.3 Å². The molecule has 0 radical (unpaired) electrons. The number of fused-ring (bicyclic) bond motifs is 1. The zero-order valence-electron chi connectivity index (χ0n) is 13.2. The molecule has 1 aromatic rings. The summed E-state index contributed by atoms with van der Waals surface area (Å²) in [5, 5.41) is 10.3. The predicted molar refractivity (Wildman–Crippen MR) is 81.3 cm³/mol. The molecule has 0 unspecified atom stereocenters. The van der Waals surface area contributed by atoms with Gasteiger partial charge in [0.25, 0.3) is 0 Å². The van der Waals surface area contributed by atoms with Crippen LogP contribution in [0.5, 0.6) is 0 Å². The number of nitrogens with zero attached hydrogens (tertiary/aromatic N) is 3. The van der Waals surface area contributed by atoms with E-state index in [0.717, 1.165) is 25.0 Å². The molecule has 2 heterocycles. The van der Waals surface area contributed by atoms with Crippen molar-refractivity contribution >= 4 is 11.9 Å². The predicted octanol–water partition coefficient (Wildman–Crippen LogP) is 0.661. The second-order valence-electron chi connectivity index (χ2n) is 6.12. The number of urea groups is 1. The van der Waals surface area contributed by atoms with Crippen molar-refractivity contribution < 1.29 is 9.59 Å². The van der Waals surface area contributed by atoms with Gasteiger partial charge in [-0.05, 0) is 31.7 Å². The van der Waals surface area contributed by atoms with Crippen molar-refractivity contribution in [2.24, 2.45) is 0 Å². The number of amides is 3. The molecular weight excluding hydrogens is 282 g/mol. The van der Waals surface area contributed by atoms with E-state index in [4.69, 9.17) is 0 Å². The second-order valence-corrected chi connectivity index (χ2v) is 6.12. The fourth-order valence-corrected chi connectivity index (χ4v) is 3.27. The lowest BCUT2D eigenvalue weighted by atomic mass is 10.2. The third-order valence-electron chi connectivity index (χ3n) is 4.55. The summed E-state index contributed by atoms with van der Waals surface area (Å²) in [6.45, 7) is 3.75. The number of carbonyl (C=O) groups is 2. The van der Waals surface area contributed by atoms with Crippen molar-refractivity contribution in [2.75, 3.05) is 20.1 Å². The van der Waals surface area contributed by atoms with E-state index < -0.39 is 0 Å². The average molecular weight is 305 g/mol. The maximum Gasteiger partial charge on any atom is 0.317 e. The largest absolute Gasteiger partial charge is 0.341 e. The van der Waals surface area contributed by atoms with Gasteiger partial charge in [-0.1, -0.05) is 0 Å². The first-order chi connectivity index (χ1) is 10.6. The summed E-state index contributed by atoms with van der Waals surface area (Å²) in [5.74, 6) is 0.112. The van der Waals surface area contributed by atoms with Gasteiger partial charge in [0.1, 0.15) is 0 Å². The fourth-order valence-electron chi connectivity index (χ4n) is 3.27. The van der Waals surface area contributed by atoms with Gasteiger partial charge in [0.15, 0.2) is 0 Å². The van der Waals surface area contributed by atoms with E-state index in [0.29, 0.717) is 26.1 Å². The monoisotopic (exact) mass is 305 g/mol. The summed E-state index contributed by atoms with van der Waals surface area (Å²) in [6, 6.07) is -0.238. The third-order valence-corrected chi connectivity index (χ3v) is 4.55. The van der Waals surface area contributed by atoms with Crippen LogP contribution < -0.4 is 5.32 Å². The lowest BCUT2D eigenvalue weighted by Gasteiger charge is -2.20. The van der Waals surface area contributed by atoms with Crippen LogP contribution in [0.1, 0.15) is 36.7 Å². The first kappa shape index (κ1) is 14.9. The number of likely N-dealkylation sites (tertiary alicyclic amines) is 1. The zero-order valence-corrected chi connectivity index (χ0v) is 13.2. The summed E-state index contributed by atoms with van der Waals surface area (Å²) in [4.78, 5) is 27.4. The van der Waals surface area contributed by atoms with Crippen molar-refractivity contribution in [3.05, 3.63) is 17.0 Å². The topological polar surface area (TPSA) is 81.3 Å². The Kier molecular flexibility index (Phi) is 4.04. The quantitative estimate of drug-likeness (QED) is 0.857. The normalized spacial score (nSPS) is 20.4. The Balaban J connectivity index is 1.55. The molecule has 22 heavy (non-hydrogen) atoms. The van der Waals surface area contributed by atoms with E-state index in [1.807, 2.05) is 6.92 Å². The van der Waals surface area contributed by atoms with Gasteiger partial charge in [-0.2, -0.15) is 5.10 Å². The van der Waals surface area contributed by atoms with Crippen molar-refractivity contribution in [2.45, 2.75) is 45.2 Å². The Hall–Kier alpha value is -2.05. The Bertz CT molecular complexity index is 582. The molecule has 0 spiro atoms. The molecule has 1 atom stereocenters. The van der Waals surface area contributed by atoms with Gasteiger partial charge in [-0.3, -0.25) is 9.89 Å². The second kappa shape index (κ2) is 5.98. The molecule has 1 aliphatic heterocycles. The van der Waals surface area contributed by atoms with Crippen molar-refractivity contribution in [3.63, 3.8) is 0 Å². The molecule has 0 aromatic carbocycles. The Labute approximate surface area is 130 Å². The van der Waals surface area contributed by atoms with Gasteiger partial charge >= 0.3 is 6.03 Å². The van der Waals surface area contributed by atoms with Gasteiger partial charge < -0.3 is 15.1 Å². The van der Waals surface area contributed by atoms with E-state index in [-0.39, 0.29) is 18.0 Å². The first-order valence-electron chi connectivity index (χ1n) is 7.93. The highest BCUT2D eigenvalue weighted by Gasteiger charge is 2.30. The first-order valence-corrected chi connectivity index (χ1v) is 7.93. The highest BCUT2D eigenvalue weighted by Crippen LogP contribution is 2.23. The lowest BCUT2D eigenvalue weighted by Crippen LogP contribution is -2.44. The average Bonchev–Trinajstić information content (AvgIpc) is 3.16. The molecule has 0 bridgehead atoms. The van der Waals surface area contributed by atoms with Crippen LogP contribution >= 0.6 is 0 Å². The lowest BCUT2D eigenvalue weighted by molar-refractivity contribution is -0.127. The number of aryl methyl sites for hydroxylation is 1. The van der Waals surface area contributed by atoms with Crippen LogP contribution in [0.4, 0.5) is 4.79 Å². The summed E-state index contributed by atoms with van der Waals surface area (Å²) in [6.07, 6.45) is 3.64. The molecule has 3 amide bonds. The number of aromatic nitrogens is 2. The van der Waals surface area contributed by atoms with Crippen LogP contribution in [0.15, 0.2) is 0 Å². The van der Waals surface area contributed by atoms with E-state index in [1.165, 1.54) is 11.3 Å². The molecule has 1 aromatic heterocycles. The maximum absolute atomic E-state index is 12.3. The van der Waals surface area contributed by atoms with Gasteiger partial charge in [0, 0.05) is 32.3 Å². The van der Waals surface area contributed by atoms with Gasteiger partial charge in [0.2, 0.25) is 5.91 Å². The molecule has 0 saturated carbocycles. The minimum Gasteiger partial charge on any atom is -0.341 e. The molecule has 2 N–H and O–H groups in total. The number of rotatable bonds is 4. The van der Waals surface area contributed by atoms with Crippen LogP contribution in [0.25, 0.3) is 0 Å². The maximum atomic E-state index is 12.3. The van der Waals surface area contributed by atoms with Gasteiger partial charge in [0.05, 0.1) is 18.3 Å². The number of carbonyl (C=O) groups excluding carboxylic acids is 2. The molecule has 1 fully saturated rings. The van der Waals surface area contributed by atoms with Crippen molar-refractivity contribution in [1.29, 1.82) is 0 Å². The number of likely N-dealkylation sites (N-methyl/N-ethyl adjacent to an activating group) is 1. The summed E-state index contributed by atoms with van der Waals surface area (Å²) >= 11 is 0. The summed E-state index contributed by atoms with van der Waals surface area (Å²) < 4.78 is 0. The number of aromatic amines is 1. The van der Waals surface area contributed by atoms with E-state index in [9.17, 15) is 9.59 Å². The molecular formula is C15H23N5O2. The van der Waals surface area contributed by atoms with Crippen molar-refractivity contribution in [3.8, 4) is 0 Å². The van der Waals surface area contributed by atoms with Crippen LogP contribution in [0.2, 0.25) is 0 Å². The molecule has 3 rings (SSSR count). The van der Waals surface area contributed by atoms with E-state index in [1.54, 1.807) is 16.8 Å². The minimum atomic E-state index is -0.148. The summed E-state index contributed by atoms with van der Waals surface area (Å²) in [7, 11) is 1.76. The Morgan fingerprint density at radius 3 is 3.05 bits per heavy atom. The Morgan fingerprint density at radius 2 is 2.32 bits per heavy atom. The number of H-pyrrole nitrogens is 1. The minimum absolute atomic E-state index is 0.0905. The number of hydrogen-bond donors (Lipinski definition) is 2.